The van der Waals surface area contributed by atoms with E-state index in [0.29, 0.717) is 13.2 Å². The lowest BCUT2D eigenvalue weighted by atomic mass is 10.0. The summed E-state index contributed by atoms with van der Waals surface area (Å²) in [6.45, 7) is 4.93. The summed E-state index contributed by atoms with van der Waals surface area (Å²) in [7, 11) is -4.55. The van der Waals surface area contributed by atoms with Crippen LogP contribution < -0.4 is 0 Å². The second-order valence-electron chi connectivity index (χ2n) is 8.57. The van der Waals surface area contributed by atoms with Crippen molar-refractivity contribution in [2.75, 3.05) is 19.8 Å². The van der Waals surface area contributed by atoms with E-state index in [0.717, 1.165) is 12.8 Å². The zero-order valence-electron chi connectivity index (χ0n) is 20.4. The van der Waals surface area contributed by atoms with Gasteiger partial charge in [-0.15, -0.1) is 0 Å². The van der Waals surface area contributed by atoms with Gasteiger partial charge in [-0.25, -0.2) is 4.57 Å². The summed E-state index contributed by atoms with van der Waals surface area (Å²) in [5, 5.41) is 0. The standard InChI is InChI=1S/C24H51O6P/c1-3-5-6-7-8-9-10-11-12-13-14-15-16-17-18-19-20-21-22-28-23-24(29-4-2)30-31(25,26)27/h24H,3-23H2,1-2H3,(H2,25,26,27). The molecule has 0 spiro atoms. The zero-order chi connectivity index (χ0) is 23.0. The molecule has 0 aliphatic carbocycles. The molecular formula is C24H51O6P. The molecule has 0 aromatic rings. The Morgan fingerprint density at radius 1 is 0.645 bits per heavy atom. The monoisotopic (exact) mass is 466 g/mol. The van der Waals surface area contributed by atoms with Gasteiger partial charge in [0.15, 0.2) is 6.29 Å². The van der Waals surface area contributed by atoms with Crippen LogP contribution in [0.15, 0.2) is 0 Å². The van der Waals surface area contributed by atoms with E-state index in [4.69, 9.17) is 19.3 Å². The fourth-order valence-electron chi connectivity index (χ4n) is 3.73. The molecule has 0 heterocycles. The van der Waals surface area contributed by atoms with Gasteiger partial charge < -0.3 is 19.3 Å². The van der Waals surface area contributed by atoms with E-state index in [1.807, 2.05) is 0 Å². The topological polar surface area (TPSA) is 85.2 Å². The number of phosphoric acid groups is 1. The molecule has 7 heteroatoms. The molecular weight excluding hydrogens is 415 g/mol. The van der Waals surface area contributed by atoms with Crippen molar-refractivity contribution in [3.05, 3.63) is 0 Å². The lowest BCUT2D eigenvalue weighted by Crippen LogP contribution is -2.22. The summed E-state index contributed by atoms with van der Waals surface area (Å²) in [6.07, 6.45) is 23.1. The van der Waals surface area contributed by atoms with Crippen molar-refractivity contribution in [3.8, 4) is 0 Å². The molecule has 0 aromatic carbocycles. The van der Waals surface area contributed by atoms with Crippen LogP contribution in [0.5, 0.6) is 0 Å². The Morgan fingerprint density at radius 3 is 1.39 bits per heavy atom. The van der Waals surface area contributed by atoms with Gasteiger partial charge in [-0.3, -0.25) is 4.52 Å². The van der Waals surface area contributed by atoms with Crippen LogP contribution in [-0.4, -0.2) is 35.9 Å². The van der Waals surface area contributed by atoms with E-state index in [-0.39, 0.29) is 6.61 Å². The Morgan fingerprint density at radius 2 is 1.03 bits per heavy atom. The summed E-state index contributed by atoms with van der Waals surface area (Å²) < 4.78 is 25.9. The highest BCUT2D eigenvalue weighted by molar-refractivity contribution is 7.46. The highest BCUT2D eigenvalue weighted by Crippen LogP contribution is 2.37. The summed E-state index contributed by atoms with van der Waals surface area (Å²) in [4.78, 5) is 17.7. The SMILES string of the molecule is CCCCCCCCCCCCCCCCCCCCOCC(OCC)OP(=O)(O)O. The van der Waals surface area contributed by atoms with Crippen LogP contribution in [-0.2, 0) is 18.6 Å². The normalized spacial score (nSPS) is 13.0. The first kappa shape index (κ1) is 31.0. The van der Waals surface area contributed by atoms with Crippen molar-refractivity contribution in [2.24, 2.45) is 0 Å². The van der Waals surface area contributed by atoms with Crippen LogP contribution in [0.3, 0.4) is 0 Å². The van der Waals surface area contributed by atoms with E-state index in [1.54, 1.807) is 6.92 Å². The van der Waals surface area contributed by atoms with Crippen LogP contribution in [0.1, 0.15) is 129 Å². The van der Waals surface area contributed by atoms with E-state index >= 15 is 0 Å². The maximum Gasteiger partial charge on any atom is 0.472 e. The summed E-state index contributed by atoms with van der Waals surface area (Å²) in [5.41, 5.74) is 0. The highest BCUT2D eigenvalue weighted by Gasteiger charge is 2.22. The molecule has 31 heavy (non-hydrogen) atoms. The molecule has 0 fully saturated rings. The van der Waals surface area contributed by atoms with E-state index in [9.17, 15) is 4.57 Å². The minimum Gasteiger partial charge on any atom is -0.376 e. The fourth-order valence-corrected chi connectivity index (χ4v) is 4.16. The van der Waals surface area contributed by atoms with E-state index in [2.05, 4.69) is 11.4 Å². The molecule has 188 valence electrons. The van der Waals surface area contributed by atoms with Crippen molar-refractivity contribution in [1.29, 1.82) is 0 Å². The maximum atomic E-state index is 10.9. The average Bonchev–Trinajstić information content (AvgIpc) is 2.71. The molecule has 0 rings (SSSR count). The van der Waals surface area contributed by atoms with Gasteiger partial charge in [0.1, 0.15) is 0 Å². The predicted octanol–water partition coefficient (Wildman–Crippen LogP) is 7.52. The van der Waals surface area contributed by atoms with Gasteiger partial charge in [0.25, 0.3) is 0 Å². The van der Waals surface area contributed by atoms with Gasteiger partial charge in [0, 0.05) is 13.2 Å². The van der Waals surface area contributed by atoms with Gasteiger partial charge in [-0.05, 0) is 13.3 Å². The van der Waals surface area contributed by atoms with E-state index in [1.165, 1.54) is 103 Å². The lowest BCUT2D eigenvalue weighted by Gasteiger charge is -2.17. The quantitative estimate of drug-likeness (QED) is 0.0822. The first-order valence-corrected chi connectivity index (χ1v) is 14.5. The molecule has 0 amide bonds. The second kappa shape index (κ2) is 23.2. The van der Waals surface area contributed by atoms with Crippen LogP contribution in [0.2, 0.25) is 0 Å². The van der Waals surface area contributed by atoms with Gasteiger partial charge in [-0.2, -0.15) is 0 Å². The number of ether oxygens (including phenoxy) is 2. The largest absolute Gasteiger partial charge is 0.472 e. The zero-order valence-corrected chi connectivity index (χ0v) is 21.3. The number of rotatable bonds is 25. The molecule has 0 bridgehead atoms. The van der Waals surface area contributed by atoms with Gasteiger partial charge in [0.2, 0.25) is 0 Å². The third-order valence-corrected chi connectivity index (χ3v) is 6.01. The first-order valence-electron chi connectivity index (χ1n) is 12.9. The summed E-state index contributed by atoms with van der Waals surface area (Å²) in [5.74, 6) is 0. The number of hydrogen-bond donors (Lipinski definition) is 2. The molecule has 0 saturated heterocycles. The third kappa shape index (κ3) is 26.2. The molecule has 1 atom stereocenters. The molecule has 1 unspecified atom stereocenters. The molecule has 0 aliphatic heterocycles. The number of hydrogen-bond acceptors (Lipinski definition) is 4. The maximum absolute atomic E-state index is 10.9. The molecule has 6 nitrogen and oxygen atoms in total. The smallest absolute Gasteiger partial charge is 0.376 e. The average molecular weight is 467 g/mol. The predicted molar refractivity (Wildman–Crippen MR) is 128 cm³/mol. The van der Waals surface area contributed by atoms with Crippen LogP contribution in [0.25, 0.3) is 0 Å². The highest BCUT2D eigenvalue weighted by atomic mass is 31.2. The Hall–Kier alpha value is 0.0300. The lowest BCUT2D eigenvalue weighted by molar-refractivity contribution is -0.127. The van der Waals surface area contributed by atoms with Gasteiger partial charge in [0.05, 0.1) is 6.61 Å². The number of phosphoric ester groups is 1. The molecule has 0 aliphatic rings. The second-order valence-corrected chi connectivity index (χ2v) is 9.76. The summed E-state index contributed by atoms with van der Waals surface area (Å²) in [6, 6.07) is 0. The fraction of sp³-hybridized carbons (Fsp3) is 1.00. The van der Waals surface area contributed by atoms with Crippen LogP contribution in [0, 0.1) is 0 Å². The molecule has 0 radical (unpaired) electrons. The third-order valence-electron chi connectivity index (χ3n) is 5.50. The van der Waals surface area contributed by atoms with E-state index < -0.39 is 14.1 Å². The van der Waals surface area contributed by atoms with Crippen molar-refractivity contribution < 1.29 is 28.3 Å². The minimum atomic E-state index is -4.55. The minimum absolute atomic E-state index is 0.0396. The summed E-state index contributed by atoms with van der Waals surface area (Å²) >= 11 is 0. The Kier molecular flexibility index (Phi) is 23.2. The van der Waals surface area contributed by atoms with Gasteiger partial charge >= 0.3 is 7.82 Å². The molecule has 2 N–H and O–H groups in total. The van der Waals surface area contributed by atoms with Crippen LogP contribution >= 0.6 is 7.82 Å². The van der Waals surface area contributed by atoms with Crippen LogP contribution in [0.4, 0.5) is 0 Å². The molecule has 0 saturated carbocycles. The Labute approximate surface area is 192 Å². The molecule has 0 aromatic heterocycles. The first-order chi connectivity index (χ1) is 15.0. The van der Waals surface area contributed by atoms with Crippen molar-refractivity contribution in [1.82, 2.24) is 0 Å². The Bertz CT molecular complexity index is 402. The van der Waals surface area contributed by atoms with Crippen molar-refractivity contribution in [3.63, 3.8) is 0 Å². The van der Waals surface area contributed by atoms with Gasteiger partial charge in [-0.1, -0.05) is 116 Å². The van der Waals surface area contributed by atoms with Crippen molar-refractivity contribution in [2.45, 2.75) is 136 Å². The van der Waals surface area contributed by atoms with Crippen molar-refractivity contribution >= 4 is 7.82 Å². The Balaban J connectivity index is 3.25. The number of unbranched alkanes of at least 4 members (excludes halogenated alkanes) is 17.